The molecule has 0 bridgehead atoms. The zero-order valence-corrected chi connectivity index (χ0v) is 9.33. The Balaban J connectivity index is 4.54. The minimum atomic E-state index is 0.341. The molecule has 0 aliphatic rings. The quantitative estimate of drug-likeness (QED) is 0.470. The van der Waals surface area contributed by atoms with Crippen molar-refractivity contribution in [3.05, 3.63) is 11.8 Å². The van der Waals surface area contributed by atoms with Gasteiger partial charge in [0.15, 0.2) is 0 Å². The maximum atomic E-state index is 4.29. The maximum absolute atomic E-state index is 4.29. The minimum Gasteiger partial charge on any atom is -0.249 e. The summed E-state index contributed by atoms with van der Waals surface area (Å²) in [6.07, 6.45) is 1.88. The van der Waals surface area contributed by atoms with Gasteiger partial charge in [-0.25, -0.2) is 9.98 Å². The standard InChI is InChI=1S/C11H20N2/c1-8(2)10(5)7-13-11(12-6)9(3)4/h7-9H,6H2,1-5H3/b10-7+,13-11-. The second-order valence-electron chi connectivity index (χ2n) is 3.83. The lowest BCUT2D eigenvalue weighted by molar-refractivity contribution is 0.765. The van der Waals surface area contributed by atoms with E-state index in [2.05, 4.69) is 51.3 Å². The lowest BCUT2D eigenvalue weighted by Gasteiger charge is -2.04. The summed E-state index contributed by atoms with van der Waals surface area (Å²) in [6.45, 7) is 14.0. The molecule has 0 fully saturated rings. The first-order valence-corrected chi connectivity index (χ1v) is 4.70. The number of allylic oxidation sites excluding steroid dienone is 1. The monoisotopic (exact) mass is 180 g/mol. The molecule has 0 N–H and O–H groups in total. The van der Waals surface area contributed by atoms with E-state index >= 15 is 0 Å². The fraction of sp³-hybridized carbons (Fsp3) is 0.636. The molecule has 13 heavy (non-hydrogen) atoms. The first-order chi connectivity index (χ1) is 5.99. The number of rotatable bonds is 3. The molecule has 0 radical (unpaired) electrons. The fourth-order valence-corrected chi connectivity index (χ4v) is 0.689. The van der Waals surface area contributed by atoms with E-state index in [9.17, 15) is 0 Å². The van der Waals surface area contributed by atoms with E-state index in [-0.39, 0.29) is 0 Å². The van der Waals surface area contributed by atoms with Gasteiger partial charge in [0.1, 0.15) is 5.84 Å². The first-order valence-electron chi connectivity index (χ1n) is 4.70. The summed E-state index contributed by atoms with van der Waals surface area (Å²) in [5.41, 5.74) is 1.27. The zero-order valence-electron chi connectivity index (χ0n) is 9.33. The third-order valence-electron chi connectivity index (χ3n) is 1.99. The summed E-state index contributed by atoms with van der Waals surface area (Å²) < 4.78 is 0. The summed E-state index contributed by atoms with van der Waals surface area (Å²) >= 11 is 0. The number of hydrogen-bond acceptors (Lipinski definition) is 1. The lowest BCUT2D eigenvalue weighted by Crippen LogP contribution is -2.02. The summed E-state index contributed by atoms with van der Waals surface area (Å²) in [5.74, 6) is 1.69. The lowest BCUT2D eigenvalue weighted by atomic mass is 10.1. The van der Waals surface area contributed by atoms with Crippen molar-refractivity contribution in [1.29, 1.82) is 0 Å². The Morgan fingerprint density at radius 1 is 1.15 bits per heavy atom. The van der Waals surface area contributed by atoms with Gasteiger partial charge in [-0.1, -0.05) is 33.3 Å². The molecule has 0 spiro atoms. The number of nitrogens with zero attached hydrogens (tertiary/aromatic N) is 2. The van der Waals surface area contributed by atoms with E-state index in [0.29, 0.717) is 11.8 Å². The predicted molar refractivity (Wildman–Crippen MR) is 60.4 cm³/mol. The van der Waals surface area contributed by atoms with Gasteiger partial charge in [-0.05, 0) is 19.6 Å². The van der Waals surface area contributed by atoms with Gasteiger partial charge in [0, 0.05) is 12.1 Å². The van der Waals surface area contributed by atoms with E-state index in [1.165, 1.54) is 5.57 Å². The SMILES string of the molecule is C=N/C(=N\C=C(/C)C(C)C)C(C)C. The molecule has 0 rings (SSSR count). The molecule has 0 atom stereocenters. The van der Waals surface area contributed by atoms with Gasteiger partial charge in [0.25, 0.3) is 0 Å². The molecule has 0 amide bonds. The van der Waals surface area contributed by atoms with Crippen LogP contribution in [-0.4, -0.2) is 12.6 Å². The number of aliphatic imine (C=N–C) groups is 2. The Bertz CT molecular complexity index is 222. The van der Waals surface area contributed by atoms with Gasteiger partial charge in [-0.3, -0.25) is 0 Å². The van der Waals surface area contributed by atoms with Gasteiger partial charge in [-0.15, -0.1) is 0 Å². The maximum Gasteiger partial charge on any atom is 0.129 e. The normalized spacial score (nSPS) is 14.1. The highest BCUT2D eigenvalue weighted by Crippen LogP contribution is 2.08. The Morgan fingerprint density at radius 3 is 2.00 bits per heavy atom. The second-order valence-corrected chi connectivity index (χ2v) is 3.83. The van der Waals surface area contributed by atoms with Gasteiger partial charge in [0.05, 0.1) is 0 Å². The molecule has 0 aliphatic heterocycles. The van der Waals surface area contributed by atoms with Crippen LogP contribution in [0.2, 0.25) is 0 Å². The van der Waals surface area contributed by atoms with Crippen molar-refractivity contribution in [3.63, 3.8) is 0 Å². The van der Waals surface area contributed by atoms with Gasteiger partial charge in [0.2, 0.25) is 0 Å². The molecular formula is C11H20N2. The van der Waals surface area contributed by atoms with Crippen LogP contribution in [0, 0.1) is 11.8 Å². The molecule has 0 unspecified atom stereocenters. The average molecular weight is 180 g/mol. The highest BCUT2D eigenvalue weighted by Gasteiger charge is 2.00. The van der Waals surface area contributed by atoms with Crippen LogP contribution in [0.25, 0.3) is 0 Å². The molecule has 0 aromatic rings. The van der Waals surface area contributed by atoms with E-state index in [1.807, 2.05) is 6.20 Å². The number of amidine groups is 1. The summed E-state index contributed by atoms with van der Waals surface area (Å²) in [4.78, 5) is 8.16. The topological polar surface area (TPSA) is 24.7 Å². The van der Waals surface area contributed by atoms with Crippen LogP contribution in [0.1, 0.15) is 34.6 Å². The third-order valence-corrected chi connectivity index (χ3v) is 1.99. The molecule has 0 aromatic carbocycles. The van der Waals surface area contributed by atoms with Crippen LogP contribution in [0.3, 0.4) is 0 Å². The predicted octanol–water partition coefficient (Wildman–Crippen LogP) is 3.30. The Labute approximate surface area is 81.5 Å². The van der Waals surface area contributed by atoms with Gasteiger partial charge < -0.3 is 0 Å². The second kappa shape index (κ2) is 5.68. The van der Waals surface area contributed by atoms with Gasteiger partial charge in [-0.2, -0.15) is 0 Å². The van der Waals surface area contributed by atoms with Gasteiger partial charge >= 0.3 is 0 Å². The van der Waals surface area contributed by atoms with Crippen LogP contribution in [0.4, 0.5) is 0 Å². The van der Waals surface area contributed by atoms with Crippen molar-refractivity contribution in [2.45, 2.75) is 34.6 Å². The van der Waals surface area contributed by atoms with Crippen molar-refractivity contribution < 1.29 is 0 Å². The van der Waals surface area contributed by atoms with Crippen LogP contribution < -0.4 is 0 Å². The first kappa shape index (κ1) is 12.1. The van der Waals surface area contributed by atoms with Crippen LogP contribution in [-0.2, 0) is 0 Å². The van der Waals surface area contributed by atoms with E-state index in [0.717, 1.165) is 5.84 Å². The molecule has 0 heterocycles. The Hall–Kier alpha value is -0.920. The molecule has 0 aromatic heterocycles. The largest absolute Gasteiger partial charge is 0.249 e. The molecule has 74 valence electrons. The Kier molecular flexibility index (Phi) is 5.28. The molecule has 0 saturated carbocycles. The highest BCUT2D eigenvalue weighted by atomic mass is 14.9. The Morgan fingerprint density at radius 2 is 1.69 bits per heavy atom. The van der Waals surface area contributed by atoms with Crippen molar-refractivity contribution in [2.24, 2.45) is 21.8 Å². The molecule has 0 aliphatic carbocycles. The van der Waals surface area contributed by atoms with Crippen molar-refractivity contribution >= 4 is 12.6 Å². The van der Waals surface area contributed by atoms with Crippen LogP contribution in [0.5, 0.6) is 0 Å². The summed E-state index contributed by atoms with van der Waals surface area (Å²) in [5, 5.41) is 0. The average Bonchev–Trinajstić information content (AvgIpc) is 2.04. The van der Waals surface area contributed by atoms with E-state index < -0.39 is 0 Å². The molecule has 2 nitrogen and oxygen atoms in total. The molecule has 0 saturated heterocycles. The number of hydrogen-bond donors (Lipinski definition) is 0. The van der Waals surface area contributed by atoms with Crippen LogP contribution >= 0.6 is 0 Å². The summed E-state index contributed by atoms with van der Waals surface area (Å²) in [7, 11) is 0. The highest BCUT2D eigenvalue weighted by molar-refractivity contribution is 5.88. The zero-order chi connectivity index (χ0) is 10.4. The smallest absolute Gasteiger partial charge is 0.129 e. The van der Waals surface area contributed by atoms with Crippen molar-refractivity contribution in [2.75, 3.05) is 0 Å². The third kappa shape index (κ3) is 4.61. The minimum absolute atomic E-state index is 0.341. The van der Waals surface area contributed by atoms with E-state index in [4.69, 9.17) is 0 Å². The summed E-state index contributed by atoms with van der Waals surface area (Å²) in [6, 6.07) is 0. The fourth-order valence-electron chi connectivity index (χ4n) is 0.689. The van der Waals surface area contributed by atoms with Crippen molar-refractivity contribution in [3.8, 4) is 0 Å². The molecule has 2 heteroatoms. The van der Waals surface area contributed by atoms with Crippen LogP contribution in [0.15, 0.2) is 21.8 Å². The van der Waals surface area contributed by atoms with E-state index in [1.54, 1.807) is 0 Å². The van der Waals surface area contributed by atoms with Crippen molar-refractivity contribution in [1.82, 2.24) is 0 Å². The molecular weight excluding hydrogens is 160 g/mol.